The van der Waals surface area contributed by atoms with E-state index in [0.717, 1.165) is 38.0 Å². The molecule has 88 valence electrons. The fourth-order valence-corrected chi connectivity index (χ4v) is 2.66. The third-order valence-electron chi connectivity index (χ3n) is 3.12. The molecule has 1 rings (SSSR count). The van der Waals surface area contributed by atoms with E-state index >= 15 is 0 Å². The minimum Gasteiger partial charge on any atom is -0.356 e. The molecule has 3 N–H and O–H groups in total. The Morgan fingerprint density at radius 1 is 1.53 bits per heavy atom. The molecule has 0 aromatic rings. The predicted octanol–water partition coefficient (Wildman–Crippen LogP) is 1.23. The van der Waals surface area contributed by atoms with Gasteiger partial charge < -0.3 is 11.1 Å². The van der Waals surface area contributed by atoms with Crippen molar-refractivity contribution in [2.24, 2.45) is 17.6 Å². The standard InChI is InChI=1S/C11H22N2OS/c1-15-7-3-6-13-11(14)10-5-2-4-9(10)8-12/h9-10H,2-8,12H2,1H3,(H,13,14). The highest BCUT2D eigenvalue weighted by Crippen LogP contribution is 2.30. The highest BCUT2D eigenvalue weighted by molar-refractivity contribution is 7.98. The highest BCUT2D eigenvalue weighted by atomic mass is 32.2. The second-order valence-electron chi connectivity index (χ2n) is 4.17. The second-order valence-corrected chi connectivity index (χ2v) is 5.16. The molecule has 0 radical (unpaired) electrons. The monoisotopic (exact) mass is 230 g/mol. The van der Waals surface area contributed by atoms with E-state index in [1.807, 2.05) is 11.8 Å². The zero-order valence-electron chi connectivity index (χ0n) is 9.50. The number of nitrogens with two attached hydrogens (primary N) is 1. The lowest BCUT2D eigenvalue weighted by Gasteiger charge is -2.17. The minimum absolute atomic E-state index is 0.185. The van der Waals surface area contributed by atoms with Crippen LogP contribution in [0.15, 0.2) is 0 Å². The van der Waals surface area contributed by atoms with E-state index in [-0.39, 0.29) is 11.8 Å². The van der Waals surface area contributed by atoms with Gasteiger partial charge in [-0.2, -0.15) is 11.8 Å². The quantitative estimate of drug-likeness (QED) is 0.675. The van der Waals surface area contributed by atoms with Gasteiger partial charge in [-0.15, -0.1) is 0 Å². The molecular weight excluding hydrogens is 208 g/mol. The van der Waals surface area contributed by atoms with Gasteiger partial charge in [-0.3, -0.25) is 4.79 Å². The maximum Gasteiger partial charge on any atom is 0.223 e. The summed E-state index contributed by atoms with van der Waals surface area (Å²) in [6, 6.07) is 0. The number of thioether (sulfide) groups is 1. The Labute approximate surface area is 96.6 Å². The Bertz CT molecular complexity index is 199. The average molecular weight is 230 g/mol. The molecule has 0 heterocycles. The van der Waals surface area contributed by atoms with Crippen molar-refractivity contribution < 1.29 is 4.79 Å². The van der Waals surface area contributed by atoms with E-state index in [1.54, 1.807) is 0 Å². The van der Waals surface area contributed by atoms with Crippen LogP contribution in [0.25, 0.3) is 0 Å². The van der Waals surface area contributed by atoms with Crippen LogP contribution in [0.2, 0.25) is 0 Å². The van der Waals surface area contributed by atoms with E-state index in [9.17, 15) is 4.79 Å². The third kappa shape index (κ3) is 4.03. The summed E-state index contributed by atoms with van der Waals surface area (Å²) < 4.78 is 0. The van der Waals surface area contributed by atoms with Gasteiger partial charge in [0.15, 0.2) is 0 Å². The Kier molecular flexibility index (Phi) is 6.10. The molecule has 1 aliphatic rings. The first-order valence-electron chi connectivity index (χ1n) is 5.76. The summed E-state index contributed by atoms with van der Waals surface area (Å²) in [5.41, 5.74) is 5.66. The molecule has 1 aliphatic carbocycles. The van der Waals surface area contributed by atoms with Crippen molar-refractivity contribution in [2.45, 2.75) is 25.7 Å². The van der Waals surface area contributed by atoms with Gasteiger partial charge in [0.05, 0.1) is 0 Å². The molecule has 0 aromatic heterocycles. The SMILES string of the molecule is CSCCCNC(=O)C1CCCC1CN. The fourth-order valence-electron chi connectivity index (χ4n) is 2.22. The minimum atomic E-state index is 0.185. The van der Waals surface area contributed by atoms with Crippen LogP contribution in [0.5, 0.6) is 0 Å². The molecule has 4 heteroatoms. The summed E-state index contributed by atoms with van der Waals surface area (Å²) in [7, 11) is 0. The van der Waals surface area contributed by atoms with Gasteiger partial charge in [-0.1, -0.05) is 6.42 Å². The number of carbonyl (C=O) groups is 1. The number of nitrogens with one attached hydrogen (secondary N) is 1. The van der Waals surface area contributed by atoms with Crippen molar-refractivity contribution in [3.63, 3.8) is 0 Å². The highest BCUT2D eigenvalue weighted by Gasteiger charge is 2.31. The van der Waals surface area contributed by atoms with Crippen LogP contribution in [-0.2, 0) is 4.79 Å². The van der Waals surface area contributed by atoms with Crippen molar-refractivity contribution in [1.82, 2.24) is 5.32 Å². The first kappa shape index (κ1) is 12.8. The van der Waals surface area contributed by atoms with Crippen LogP contribution < -0.4 is 11.1 Å². The van der Waals surface area contributed by atoms with Crippen LogP contribution in [0.3, 0.4) is 0 Å². The van der Waals surface area contributed by atoms with E-state index in [4.69, 9.17) is 5.73 Å². The average Bonchev–Trinajstić information content (AvgIpc) is 2.72. The van der Waals surface area contributed by atoms with E-state index in [1.165, 1.54) is 0 Å². The van der Waals surface area contributed by atoms with E-state index in [2.05, 4.69) is 11.6 Å². The van der Waals surface area contributed by atoms with Crippen molar-refractivity contribution in [1.29, 1.82) is 0 Å². The van der Waals surface area contributed by atoms with Crippen molar-refractivity contribution in [3.8, 4) is 0 Å². The molecular formula is C11H22N2OS. The topological polar surface area (TPSA) is 55.1 Å². The van der Waals surface area contributed by atoms with Gasteiger partial charge in [0.25, 0.3) is 0 Å². The molecule has 1 amide bonds. The molecule has 15 heavy (non-hydrogen) atoms. The lowest BCUT2D eigenvalue weighted by molar-refractivity contribution is -0.125. The van der Waals surface area contributed by atoms with Crippen molar-refractivity contribution in [2.75, 3.05) is 25.1 Å². The lowest BCUT2D eigenvalue weighted by atomic mass is 9.95. The lowest BCUT2D eigenvalue weighted by Crippen LogP contribution is -2.35. The fraction of sp³-hybridized carbons (Fsp3) is 0.909. The van der Waals surface area contributed by atoms with Gasteiger partial charge in [0.1, 0.15) is 0 Å². The molecule has 1 fully saturated rings. The molecule has 0 spiro atoms. The summed E-state index contributed by atoms with van der Waals surface area (Å²) in [5, 5.41) is 3.02. The van der Waals surface area contributed by atoms with Crippen LogP contribution in [0.4, 0.5) is 0 Å². The molecule has 0 saturated heterocycles. The Balaban J connectivity index is 2.21. The molecule has 0 aliphatic heterocycles. The summed E-state index contributed by atoms with van der Waals surface area (Å²) in [6.07, 6.45) is 6.45. The number of amides is 1. The molecule has 3 nitrogen and oxygen atoms in total. The number of carbonyl (C=O) groups excluding carboxylic acids is 1. The molecule has 0 aromatic carbocycles. The van der Waals surface area contributed by atoms with Crippen LogP contribution in [-0.4, -0.2) is 31.0 Å². The molecule has 2 atom stereocenters. The summed E-state index contributed by atoms with van der Waals surface area (Å²) in [6.45, 7) is 1.47. The van der Waals surface area contributed by atoms with Gasteiger partial charge in [0, 0.05) is 12.5 Å². The zero-order chi connectivity index (χ0) is 11.1. The normalized spacial score (nSPS) is 25.5. The first-order valence-corrected chi connectivity index (χ1v) is 7.15. The largest absolute Gasteiger partial charge is 0.356 e. The Morgan fingerprint density at radius 3 is 3.00 bits per heavy atom. The molecule has 2 unspecified atom stereocenters. The van der Waals surface area contributed by atoms with E-state index in [0.29, 0.717) is 12.5 Å². The van der Waals surface area contributed by atoms with Crippen LogP contribution in [0, 0.1) is 11.8 Å². The zero-order valence-corrected chi connectivity index (χ0v) is 10.3. The van der Waals surface area contributed by atoms with Crippen molar-refractivity contribution in [3.05, 3.63) is 0 Å². The summed E-state index contributed by atoms with van der Waals surface area (Å²) in [4.78, 5) is 11.8. The summed E-state index contributed by atoms with van der Waals surface area (Å²) in [5.74, 6) is 1.95. The Morgan fingerprint density at radius 2 is 2.33 bits per heavy atom. The molecule has 1 saturated carbocycles. The van der Waals surface area contributed by atoms with Gasteiger partial charge >= 0.3 is 0 Å². The van der Waals surface area contributed by atoms with Gasteiger partial charge in [-0.25, -0.2) is 0 Å². The maximum absolute atomic E-state index is 11.8. The molecule has 0 bridgehead atoms. The second kappa shape index (κ2) is 7.12. The number of rotatable bonds is 6. The van der Waals surface area contributed by atoms with E-state index < -0.39 is 0 Å². The number of hydrogen-bond donors (Lipinski definition) is 2. The van der Waals surface area contributed by atoms with Crippen molar-refractivity contribution >= 4 is 17.7 Å². The van der Waals surface area contributed by atoms with Crippen LogP contribution >= 0.6 is 11.8 Å². The number of hydrogen-bond acceptors (Lipinski definition) is 3. The predicted molar refractivity (Wildman–Crippen MR) is 65.9 cm³/mol. The third-order valence-corrected chi connectivity index (χ3v) is 3.82. The Hall–Kier alpha value is -0.220. The van der Waals surface area contributed by atoms with Gasteiger partial charge in [-0.05, 0) is 43.7 Å². The summed E-state index contributed by atoms with van der Waals surface area (Å²) >= 11 is 1.82. The maximum atomic E-state index is 11.8. The van der Waals surface area contributed by atoms with Crippen LogP contribution in [0.1, 0.15) is 25.7 Å². The first-order chi connectivity index (χ1) is 7.29. The smallest absolute Gasteiger partial charge is 0.223 e. The van der Waals surface area contributed by atoms with Gasteiger partial charge in [0.2, 0.25) is 5.91 Å².